The summed E-state index contributed by atoms with van der Waals surface area (Å²) in [4.78, 5) is 26.7. The molecule has 1 aliphatic rings. The first-order valence-electron chi connectivity index (χ1n) is 9.15. The minimum atomic E-state index is 0.205. The number of hydrogen-bond donors (Lipinski definition) is 2. The quantitative estimate of drug-likeness (QED) is 0.791. The van der Waals surface area contributed by atoms with Crippen molar-refractivity contribution in [3.05, 3.63) is 42.5 Å². The fourth-order valence-corrected chi connectivity index (χ4v) is 3.35. The molecule has 1 saturated heterocycles. The molecule has 1 aliphatic heterocycles. The average molecular weight is 354 g/mol. The van der Waals surface area contributed by atoms with Crippen molar-refractivity contribution in [3.8, 4) is 0 Å². The minimum absolute atomic E-state index is 0.205. The van der Waals surface area contributed by atoms with Gasteiger partial charge in [-0.2, -0.15) is 0 Å². The molecule has 0 saturated carbocycles. The second-order valence-corrected chi connectivity index (χ2v) is 6.68. The van der Waals surface area contributed by atoms with Gasteiger partial charge in [0.05, 0.1) is 12.7 Å². The summed E-state index contributed by atoms with van der Waals surface area (Å²) in [5.74, 6) is 2.23. The van der Waals surface area contributed by atoms with E-state index in [2.05, 4.69) is 37.7 Å². The van der Waals surface area contributed by atoms with Crippen LogP contribution in [0.5, 0.6) is 0 Å². The van der Waals surface area contributed by atoms with Crippen molar-refractivity contribution in [2.45, 2.75) is 25.7 Å². The Bertz CT molecular complexity index is 708. The smallest absolute Gasteiger partial charge is 0.236 e. The van der Waals surface area contributed by atoms with E-state index in [-0.39, 0.29) is 5.91 Å². The molecule has 0 aliphatic carbocycles. The topological polar surface area (TPSA) is 83.0 Å². The zero-order valence-electron chi connectivity index (χ0n) is 15.2. The summed E-state index contributed by atoms with van der Waals surface area (Å²) < 4.78 is 0. The van der Waals surface area contributed by atoms with Crippen molar-refractivity contribution < 1.29 is 4.79 Å². The maximum atomic E-state index is 12.1. The van der Waals surface area contributed by atoms with Crippen LogP contribution in [0.1, 0.15) is 24.8 Å². The molecule has 3 heterocycles. The predicted molar refractivity (Wildman–Crippen MR) is 101 cm³/mol. The molecular formula is C19H26N6O. The Labute approximate surface area is 154 Å². The Morgan fingerprint density at radius 2 is 2.15 bits per heavy atom. The molecule has 0 unspecified atom stereocenters. The highest BCUT2D eigenvalue weighted by Gasteiger charge is 2.22. The van der Waals surface area contributed by atoms with Gasteiger partial charge >= 0.3 is 0 Å². The van der Waals surface area contributed by atoms with Crippen LogP contribution in [0.15, 0.2) is 36.9 Å². The van der Waals surface area contributed by atoms with Gasteiger partial charge in [0.1, 0.15) is 11.6 Å². The molecule has 1 fully saturated rings. The molecule has 0 bridgehead atoms. The monoisotopic (exact) mass is 354 g/mol. The van der Waals surface area contributed by atoms with Gasteiger partial charge in [-0.25, -0.2) is 9.97 Å². The lowest BCUT2D eigenvalue weighted by Crippen LogP contribution is -2.43. The first-order chi connectivity index (χ1) is 12.7. The van der Waals surface area contributed by atoms with Crippen LogP contribution in [0.25, 0.3) is 0 Å². The van der Waals surface area contributed by atoms with Crippen molar-refractivity contribution in [1.82, 2.24) is 25.2 Å². The van der Waals surface area contributed by atoms with Crippen LogP contribution in [0.3, 0.4) is 0 Å². The third-order valence-electron chi connectivity index (χ3n) is 4.68. The number of piperidine rings is 1. The molecule has 0 aromatic carbocycles. The fourth-order valence-electron chi connectivity index (χ4n) is 3.35. The second-order valence-electron chi connectivity index (χ2n) is 6.68. The largest absolute Gasteiger partial charge is 0.341 e. The molecule has 3 rings (SSSR count). The molecule has 2 aromatic heterocycles. The molecule has 2 aromatic rings. The summed E-state index contributed by atoms with van der Waals surface area (Å²) in [6.07, 6.45) is 11.1. The summed E-state index contributed by atoms with van der Waals surface area (Å²) in [5.41, 5.74) is 1.24. The Hall–Kier alpha value is -2.54. The molecule has 1 atom stereocenters. The summed E-state index contributed by atoms with van der Waals surface area (Å²) >= 11 is 0. The van der Waals surface area contributed by atoms with Gasteiger partial charge < -0.3 is 15.5 Å². The molecule has 1 amide bonds. The van der Waals surface area contributed by atoms with Crippen LogP contribution in [0, 0.1) is 5.92 Å². The van der Waals surface area contributed by atoms with Crippen LogP contribution in [0.4, 0.5) is 11.6 Å². The molecule has 138 valence electrons. The van der Waals surface area contributed by atoms with Crippen molar-refractivity contribution in [2.75, 3.05) is 32.0 Å². The second kappa shape index (κ2) is 9.24. The molecule has 26 heavy (non-hydrogen) atoms. The standard InChI is InChI=1S/C19H26N6O/c1-20-13-19(26)25-10-2-3-16(14-25)5-4-15-6-7-22-17(11-15)24-18-12-21-8-9-23-18/h6-9,11-12,16,20H,2-5,10,13-14H2,1H3,(H,22,23,24)/t16-/m0/s1. The number of rotatable bonds is 7. The number of carbonyl (C=O) groups excluding carboxylic acids is 1. The van der Waals surface area contributed by atoms with Crippen molar-refractivity contribution >= 4 is 17.5 Å². The van der Waals surface area contributed by atoms with Gasteiger partial charge in [-0.3, -0.25) is 9.78 Å². The van der Waals surface area contributed by atoms with E-state index in [0.29, 0.717) is 18.3 Å². The normalized spacial score (nSPS) is 17.1. The first kappa shape index (κ1) is 18.3. The number of amides is 1. The lowest BCUT2D eigenvalue weighted by atomic mass is 9.91. The molecule has 0 spiro atoms. The van der Waals surface area contributed by atoms with E-state index >= 15 is 0 Å². The van der Waals surface area contributed by atoms with Gasteiger partial charge in [0.25, 0.3) is 0 Å². The lowest BCUT2D eigenvalue weighted by molar-refractivity contribution is -0.131. The number of aromatic nitrogens is 3. The van der Waals surface area contributed by atoms with E-state index in [4.69, 9.17) is 0 Å². The lowest BCUT2D eigenvalue weighted by Gasteiger charge is -2.33. The highest BCUT2D eigenvalue weighted by atomic mass is 16.2. The summed E-state index contributed by atoms with van der Waals surface area (Å²) in [7, 11) is 1.81. The summed E-state index contributed by atoms with van der Waals surface area (Å²) in [6.45, 7) is 2.18. The predicted octanol–water partition coefficient (Wildman–Crippen LogP) is 2.01. The summed E-state index contributed by atoms with van der Waals surface area (Å²) in [5, 5.41) is 6.12. The number of hydrogen-bond acceptors (Lipinski definition) is 6. The number of nitrogens with zero attached hydrogens (tertiary/aromatic N) is 4. The number of aryl methyl sites for hydroxylation is 1. The van der Waals surface area contributed by atoms with Gasteiger partial charge in [-0.05, 0) is 56.3 Å². The third-order valence-corrected chi connectivity index (χ3v) is 4.68. The van der Waals surface area contributed by atoms with E-state index in [1.165, 1.54) is 12.0 Å². The van der Waals surface area contributed by atoms with Gasteiger partial charge in [0, 0.05) is 31.7 Å². The molecule has 2 N–H and O–H groups in total. The van der Waals surface area contributed by atoms with E-state index in [1.807, 2.05) is 18.1 Å². The van der Waals surface area contributed by atoms with Gasteiger partial charge in [-0.15, -0.1) is 0 Å². The van der Waals surface area contributed by atoms with E-state index < -0.39 is 0 Å². The van der Waals surface area contributed by atoms with Gasteiger partial charge in [0.15, 0.2) is 0 Å². The van der Waals surface area contributed by atoms with Crippen molar-refractivity contribution in [1.29, 1.82) is 0 Å². The number of nitrogens with one attached hydrogen (secondary N) is 2. The first-order valence-corrected chi connectivity index (χ1v) is 9.15. The third kappa shape index (κ3) is 5.23. The number of likely N-dealkylation sites (N-methyl/N-ethyl adjacent to an activating group) is 1. The maximum absolute atomic E-state index is 12.1. The Balaban J connectivity index is 1.53. The number of likely N-dealkylation sites (tertiary alicyclic amines) is 1. The average Bonchev–Trinajstić information content (AvgIpc) is 2.68. The van der Waals surface area contributed by atoms with Gasteiger partial charge in [-0.1, -0.05) is 0 Å². The highest BCUT2D eigenvalue weighted by molar-refractivity contribution is 5.78. The number of anilines is 2. The number of pyridine rings is 1. The summed E-state index contributed by atoms with van der Waals surface area (Å²) in [6, 6.07) is 4.11. The minimum Gasteiger partial charge on any atom is -0.341 e. The van der Waals surface area contributed by atoms with Crippen molar-refractivity contribution in [2.24, 2.45) is 5.92 Å². The maximum Gasteiger partial charge on any atom is 0.236 e. The molecule has 7 heteroatoms. The fraction of sp³-hybridized carbons (Fsp3) is 0.474. The highest BCUT2D eigenvalue weighted by Crippen LogP contribution is 2.22. The van der Waals surface area contributed by atoms with Crippen LogP contribution >= 0.6 is 0 Å². The van der Waals surface area contributed by atoms with Crippen LogP contribution < -0.4 is 10.6 Å². The van der Waals surface area contributed by atoms with Crippen LogP contribution in [0.2, 0.25) is 0 Å². The van der Waals surface area contributed by atoms with Crippen LogP contribution in [-0.4, -0.2) is 52.4 Å². The SMILES string of the molecule is CNCC(=O)N1CCC[C@@H](CCc2ccnc(Nc3cnccn3)c2)C1. The molecular weight excluding hydrogens is 328 g/mol. The Morgan fingerprint density at radius 1 is 1.27 bits per heavy atom. The Morgan fingerprint density at radius 3 is 2.96 bits per heavy atom. The number of carbonyl (C=O) groups is 1. The van der Waals surface area contributed by atoms with E-state index in [9.17, 15) is 4.79 Å². The Kier molecular flexibility index (Phi) is 6.49. The van der Waals surface area contributed by atoms with Crippen molar-refractivity contribution in [3.63, 3.8) is 0 Å². The zero-order chi connectivity index (χ0) is 18.2. The molecule has 7 nitrogen and oxygen atoms in total. The zero-order valence-corrected chi connectivity index (χ0v) is 15.2. The molecule has 0 radical (unpaired) electrons. The van der Waals surface area contributed by atoms with Gasteiger partial charge in [0.2, 0.25) is 5.91 Å². The van der Waals surface area contributed by atoms with Crippen LogP contribution in [-0.2, 0) is 11.2 Å². The van der Waals surface area contributed by atoms with E-state index in [1.54, 1.807) is 18.6 Å². The van der Waals surface area contributed by atoms with E-state index in [0.717, 1.165) is 38.2 Å².